The molecule has 0 aromatic heterocycles. The summed E-state index contributed by atoms with van der Waals surface area (Å²) < 4.78 is 10.6. The number of hydrogen-bond donors (Lipinski definition) is 2. The first-order valence-corrected chi connectivity index (χ1v) is 8.15. The van der Waals surface area contributed by atoms with Crippen LogP contribution in [-0.2, 0) is 9.53 Å². The van der Waals surface area contributed by atoms with Crippen molar-refractivity contribution in [2.75, 3.05) is 11.9 Å². The number of hydrogen-bond acceptors (Lipinski definition) is 4. The number of anilines is 1. The molecule has 1 rings (SSSR count). The van der Waals surface area contributed by atoms with Crippen LogP contribution in [0, 0.1) is 5.92 Å². The summed E-state index contributed by atoms with van der Waals surface area (Å²) in [5.41, 5.74) is 0.0251. The average molecular weight is 336 g/mol. The Morgan fingerprint density at radius 3 is 2.17 bits per heavy atom. The van der Waals surface area contributed by atoms with Gasteiger partial charge >= 0.3 is 6.09 Å². The Hall–Kier alpha value is -2.24. The quantitative estimate of drug-likeness (QED) is 0.832. The molecule has 0 spiro atoms. The number of carbonyl (C=O) groups excluding carboxylic acids is 2. The maximum Gasteiger partial charge on any atom is 0.408 e. The van der Waals surface area contributed by atoms with Gasteiger partial charge in [-0.1, -0.05) is 13.8 Å². The van der Waals surface area contributed by atoms with E-state index in [2.05, 4.69) is 10.6 Å². The Morgan fingerprint density at radius 1 is 1.12 bits per heavy atom. The Balaban J connectivity index is 2.71. The summed E-state index contributed by atoms with van der Waals surface area (Å²) in [4.78, 5) is 24.4. The third-order valence-corrected chi connectivity index (χ3v) is 3.05. The van der Waals surface area contributed by atoms with Crippen molar-refractivity contribution in [2.24, 2.45) is 5.92 Å². The van der Waals surface area contributed by atoms with E-state index in [1.165, 1.54) is 0 Å². The van der Waals surface area contributed by atoms with Gasteiger partial charge in [0, 0.05) is 5.69 Å². The third kappa shape index (κ3) is 6.89. The number of rotatable bonds is 6. The standard InChI is InChI=1S/C18H28N2O4/c1-7-23-14-10-8-13(9-11-14)19-16(21)15(12(2)3)20-17(22)24-18(4,5)6/h8-12,15H,7H2,1-6H3,(H,19,21)(H,20,22). The molecule has 0 bridgehead atoms. The summed E-state index contributed by atoms with van der Waals surface area (Å²) in [6.45, 7) is 11.5. The molecule has 6 nitrogen and oxygen atoms in total. The first-order valence-electron chi connectivity index (χ1n) is 8.15. The van der Waals surface area contributed by atoms with E-state index in [0.29, 0.717) is 12.3 Å². The molecule has 1 atom stereocenters. The van der Waals surface area contributed by atoms with E-state index in [4.69, 9.17) is 9.47 Å². The third-order valence-electron chi connectivity index (χ3n) is 3.05. The van der Waals surface area contributed by atoms with Gasteiger partial charge in [0.2, 0.25) is 5.91 Å². The highest BCUT2D eigenvalue weighted by Crippen LogP contribution is 2.17. The predicted molar refractivity (Wildman–Crippen MR) is 94.2 cm³/mol. The first kappa shape index (κ1) is 19.8. The van der Waals surface area contributed by atoms with Crippen LogP contribution in [0.3, 0.4) is 0 Å². The number of carbonyl (C=O) groups is 2. The molecule has 134 valence electrons. The Kier molecular flexibility index (Phi) is 7.07. The number of alkyl carbamates (subject to hydrolysis) is 1. The average Bonchev–Trinajstić information content (AvgIpc) is 2.45. The second-order valence-electron chi connectivity index (χ2n) is 6.81. The maximum absolute atomic E-state index is 12.5. The highest BCUT2D eigenvalue weighted by atomic mass is 16.6. The van der Waals surface area contributed by atoms with Crippen LogP contribution < -0.4 is 15.4 Å². The van der Waals surface area contributed by atoms with Gasteiger partial charge in [-0.05, 0) is 57.9 Å². The van der Waals surface area contributed by atoms with E-state index in [-0.39, 0.29) is 11.8 Å². The van der Waals surface area contributed by atoms with Crippen LogP contribution in [0.15, 0.2) is 24.3 Å². The van der Waals surface area contributed by atoms with E-state index >= 15 is 0 Å². The van der Waals surface area contributed by atoms with Crippen molar-refractivity contribution in [3.8, 4) is 5.75 Å². The molecular formula is C18H28N2O4. The lowest BCUT2D eigenvalue weighted by molar-refractivity contribution is -0.119. The predicted octanol–water partition coefficient (Wildman–Crippen LogP) is 3.57. The van der Waals surface area contributed by atoms with Gasteiger partial charge < -0.3 is 20.1 Å². The zero-order chi connectivity index (χ0) is 18.3. The van der Waals surface area contributed by atoms with Gasteiger partial charge in [0.1, 0.15) is 17.4 Å². The largest absolute Gasteiger partial charge is 0.494 e. The molecule has 6 heteroatoms. The van der Waals surface area contributed by atoms with E-state index in [0.717, 1.165) is 5.75 Å². The molecule has 1 aromatic carbocycles. The first-order chi connectivity index (χ1) is 11.1. The molecule has 2 amide bonds. The molecule has 0 saturated heterocycles. The fraction of sp³-hybridized carbons (Fsp3) is 0.556. The van der Waals surface area contributed by atoms with Crippen molar-refractivity contribution >= 4 is 17.7 Å². The molecular weight excluding hydrogens is 308 g/mol. The van der Waals surface area contributed by atoms with E-state index in [1.54, 1.807) is 45.0 Å². The molecule has 1 aromatic rings. The van der Waals surface area contributed by atoms with Gasteiger partial charge in [-0.15, -0.1) is 0 Å². The summed E-state index contributed by atoms with van der Waals surface area (Å²) in [6, 6.07) is 6.39. The molecule has 0 aliphatic carbocycles. The number of ether oxygens (including phenoxy) is 2. The maximum atomic E-state index is 12.5. The fourth-order valence-electron chi connectivity index (χ4n) is 1.99. The van der Waals surface area contributed by atoms with Crippen LogP contribution in [0.25, 0.3) is 0 Å². The lowest BCUT2D eigenvalue weighted by Gasteiger charge is -2.25. The molecule has 24 heavy (non-hydrogen) atoms. The van der Waals surface area contributed by atoms with Crippen molar-refractivity contribution < 1.29 is 19.1 Å². The van der Waals surface area contributed by atoms with Crippen molar-refractivity contribution in [3.63, 3.8) is 0 Å². The highest BCUT2D eigenvalue weighted by Gasteiger charge is 2.26. The van der Waals surface area contributed by atoms with Crippen LogP contribution in [0.2, 0.25) is 0 Å². The zero-order valence-electron chi connectivity index (χ0n) is 15.3. The van der Waals surface area contributed by atoms with Crippen LogP contribution >= 0.6 is 0 Å². The molecule has 0 fully saturated rings. The van der Waals surface area contributed by atoms with E-state index in [1.807, 2.05) is 20.8 Å². The summed E-state index contributed by atoms with van der Waals surface area (Å²) in [6.07, 6.45) is -0.608. The smallest absolute Gasteiger partial charge is 0.408 e. The molecule has 0 radical (unpaired) electrons. The minimum atomic E-state index is -0.689. The molecule has 0 heterocycles. The molecule has 1 unspecified atom stereocenters. The van der Waals surface area contributed by atoms with Crippen molar-refractivity contribution in [2.45, 2.75) is 53.2 Å². The number of amides is 2. The van der Waals surface area contributed by atoms with Gasteiger partial charge in [0.15, 0.2) is 0 Å². The Labute approximate surface area is 143 Å². The lowest BCUT2D eigenvalue weighted by Crippen LogP contribution is -2.48. The molecule has 0 aliphatic rings. The van der Waals surface area contributed by atoms with Crippen LogP contribution in [0.5, 0.6) is 5.75 Å². The SMILES string of the molecule is CCOc1ccc(NC(=O)C(NC(=O)OC(C)(C)C)C(C)C)cc1. The monoisotopic (exact) mass is 336 g/mol. The molecule has 2 N–H and O–H groups in total. The second kappa shape index (κ2) is 8.57. The molecule has 0 aliphatic heterocycles. The summed E-state index contributed by atoms with van der Waals surface area (Å²) in [5.74, 6) is 0.364. The minimum absolute atomic E-state index is 0.0831. The van der Waals surface area contributed by atoms with Gasteiger partial charge in [0.25, 0.3) is 0 Å². The summed E-state index contributed by atoms with van der Waals surface area (Å²) >= 11 is 0. The number of nitrogens with one attached hydrogen (secondary N) is 2. The highest BCUT2D eigenvalue weighted by molar-refractivity contribution is 5.96. The Morgan fingerprint density at radius 2 is 1.71 bits per heavy atom. The van der Waals surface area contributed by atoms with Crippen LogP contribution in [0.1, 0.15) is 41.5 Å². The topological polar surface area (TPSA) is 76.7 Å². The van der Waals surface area contributed by atoms with Gasteiger partial charge in [0.05, 0.1) is 6.61 Å². The van der Waals surface area contributed by atoms with E-state index < -0.39 is 17.7 Å². The number of benzene rings is 1. The van der Waals surface area contributed by atoms with Gasteiger partial charge in [-0.25, -0.2) is 4.79 Å². The lowest BCUT2D eigenvalue weighted by atomic mass is 10.0. The van der Waals surface area contributed by atoms with Crippen molar-refractivity contribution in [1.82, 2.24) is 5.32 Å². The minimum Gasteiger partial charge on any atom is -0.494 e. The van der Waals surface area contributed by atoms with Gasteiger partial charge in [-0.3, -0.25) is 4.79 Å². The summed E-state index contributed by atoms with van der Waals surface area (Å²) in [7, 11) is 0. The zero-order valence-corrected chi connectivity index (χ0v) is 15.3. The van der Waals surface area contributed by atoms with Crippen LogP contribution in [0.4, 0.5) is 10.5 Å². The second-order valence-corrected chi connectivity index (χ2v) is 6.81. The van der Waals surface area contributed by atoms with Crippen LogP contribution in [-0.4, -0.2) is 30.3 Å². The van der Waals surface area contributed by atoms with Crippen molar-refractivity contribution in [3.05, 3.63) is 24.3 Å². The van der Waals surface area contributed by atoms with Crippen molar-refractivity contribution in [1.29, 1.82) is 0 Å². The Bertz CT molecular complexity index is 547. The molecule has 0 saturated carbocycles. The normalized spacial score (nSPS) is 12.5. The summed E-state index contributed by atoms with van der Waals surface area (Å²) in [5, 5.41) is 5.42. The van der Waals surface area contributed by atoms with Gasteiger partial charge in [-0.2, -0.15) is 0 Å². The van der Waals surface area contributed by atoms with E-state index in [9.17, 15) is 9.59 Å². The fourth-order valence-corrected chi connectivity index (χ4v) is 1.99.